The highest BCUT2D eigenvalue weighted by Crippen LogP contribution is 2.29. The summed E-state index contributed by atoms with van der Waals surface area (Å²) < 4.78 is 28.8. The van der Waals surface area contributed by atoms with Crippen molar-refractivity contribution in [3.8, 4) is 5.69 Å². The molecule has 1 aliphatic carbocycles. The average Bonchev–Trinajstić information content (AvgIpc) is 2.82. The van der Waals surface area contributed by atoms with Gasteiger partial charge in [-0.05, 0) is 47.7 Å². The molecule has 110 valence electrons. The maximum absolute atomic E-state index is 14.0. The Balaban J connectivity index is 2.24. The van der Waals surface area contributed by atoms with Crippen LogP contribution in [0.15, 0.2) is 16.6 Å². The van der Waals surface area contributed by atoms with Gasteiger partial charge in [-0.1, -0.05) is 0 Å². The zero-order chi connectivity index (χ0) is 15.1. The zero-order valence-corrected chi connectivity index (χ0v) is 12.5. The Kier molecular flexibility index (Phi) is 3.52. The van der Waals surface area contributed by atoms with Crippen LogP contribution in [0.3, 0.4) is 0 Å². The minimum Gasteiger partial charge on any atom is -0.476 e. The smallest absolute Gasteiger partial charge is 0.356 e. The molecule has 0 aliphatic heterocycles. The first kappa shape index (κ1) is 14.2. The molecule has 0 bridgehead atoms. The fraction of sp³-hybridized carbons (Fsp3) is 0.286. The van der Waals surface area contributed by atoms with Crippen molar-refractivity contribution in [2.45, 2.75) is 25.7 Å². The average molecular weight is 357 g/mol. The second kappa shape index (κ2) is 5.22. The minimum atomic E-state index is -1.13. The van der Waals surface area contributed by atoms with Crippen LogP contribution in [0.25, 0.3) is 5.69 Å². The Hall–Kier alpha value is -1.76. The topological polar surface area (TPSA) is 55.1 Å². The summed E-state index contributed by atoms with van der Waals surface area (Å²) in [5, 5.41) is 13.3. The van der Waals surface area contributed by atoms with Crippen LogP contribution < -0.4 is 0 Å². The second-order valence-corrected chi connectivity index (χ2v) is 5.77. The summed E-state index contributed by atoms with van der Waals surface area (Å²) in [5.41, 5.74) is 1.34. The number of benzene rings is 1. The van der Waals surface area contributed by atoms with E-state index in [0.717, 1.165) is 18.9 Å². The molecule has 7 heteroatoms. The predicted octanol–water partition coefficient (Wildman–Crippen LogP) is 3.49. The van der Waals surface area contributed by atoms with Crippen molar-refractivity contribution in [1.82, 2.24) is 9.78 Å². The van der Waals surface area contributed by atoms with E-state index >= 15 is 0 Å². The number of carboxylic acid groups (broad SMARTS) is 1. The monoisotopic (exact) mass is 356 g/mol. The van der Waals surface area contributed by atoms with Crippen molar-refractivity contribution in [2.75, 3.05) is 0 Å². The van der Waals surface area contributed by atoms with Gasteiger partial charge in [0.15, 0.2) is 11.5 Å². The Morgan fingerprint density at radius 1 is 1.24 bits per heavy atom. The molecule has 0 saturated heterocycles. The van der Waals surface area contributed by atoms with Crippen molar-refractivity contribution in [3.63, 3.8) is 0 Å². The van der Waals surface area contributed by atoms with Gasteiger partial charge in [-0.2, -0.15) is 5.10 Å². The lowest BCUT2D eigenvalue weighted by molar-refractivity contribution is 0.0688. The molecule has 0 spiro atoms. The number of hydrogen-bond donors (Lipinski definition) is 1. The van der Waals surface area contributed by atoms with Crippen LogP contribution in [0.2, 0.25) is 0 Å². The van der Waals surface area contributed by atoms with Crippen LogP contribution in [-0.4, -0.2) is 20.9 Å². The van der Waals surface area contributed by atoms with E-state index in [1.54, 1.807) is 0 Å². The number of fused-ring (bicyclic) bond motifs is 1. The van der Waals surface area contributed by atoms with E-state index < -0.39 is 17.6 Å². The first-order valence-corrected chi connectivity index (χ1v) is 7.27. The lowest BCUT2D eigenvalue weighted by Gasteiger charge is -2.14. The molecule has 1 aromatic heterocycles. The van der Waals surface area contributed by atoms with E-state index in [0.29, 0.717) is 24.1 Å². The highest BCUT2D eigenvalue weighted by molar-refractivity contribution is 9.10. The summed E-state index contributed by atoms with van der Waals surface area (Å²) in [6.45, 7) is 0. The fourth-order valence-corrected chi connectivity index (χ4v) is 2.98. The van der Waals surface area contributed by atoms with E-state index in [2.05, 4.69) is 21.0 Å². The summed E-state index contributed by atoms with van der Waals surface area (Å²) in [7, 11) is 0. The predicted molar refractivity (Wildman–Crippen MR) is 74.8 cm³/mol. The van der Waals surface area contributed by atoms with Crippen LogP contribution in [0, 0.1) is 11.6 Å². The Morgan fingerprint density at radius 2 is 1.95 bits per heavy atom. The van der Waals surface area contributed by atoms with Gasteiger partial charge in [0.2, 0.25) is 0 Å². The largest absolute Gasteiger partial charge is 0.476 e. The van der Waals surface area contributed by atoms with Crippen molar-refractivity contribution in [2.24, 2.45) is 0 Å². The summed E-state index contributed by atoms with van der Waals surface area (Å²) >= 11 is 3.01. The van der Waals surface area contributed by atoms with Crippen molar-refractivity contribution >= 4 is 21.9 Å². The maximum Gasteiger partial charge on any atom is 0.356 e. The number of hydrogen-bond acceptors (Lipinski definition) is 2. The van der Waals surface area contributed by atoms with Crippen LogP contribution in [0.4, 0.5) is 8.78 Å². The number of rotatable bonds is 2. The van der Waals surface area contributed by atoms with E-state index in [1.165, 1.54) is 10.7 Å². The van der Waals surface area contributed by atoms with E-state index in [1.807, 2.05) is 0 Å². The number of halogens is 3. The van der Waals surface area contributed by atoms with E-state index in [-0.39, 0.29) is 15.9 Å². The minimum absolute atomic E-state index is 0.0499. The first-order chi connectivity index (χ1) is 9.99. The van der Waals surface area contributed by atoms with Crippen molar-refractivity contribution in [1.29, 1.82) is 0 Å². The summed E-state index contributed by atoms with van der Waals surface area (Å²) in [6.07, 6.45) is 3.02. The molecule has 0 amide bonds. The molecule has 2 aromatic rings. The van der Waals surface area contributed by atoms with Gasteiger partial charge in [-0.3, -0.25) is 0 Å². The van der Waals surface area contributed by atoms with Gasteiger partial charge in [-0.25, -0.2) is 18.3 Å². The third-order valence-electron chi connectivity index (χ3n) is 3.60. The molecule has 0 fully saturated rings. The molecule has 21 heavy (non-hydrogen) atoms. The molecule has 0 atom stereocenters. The maximum atomic E-state index is 14.0. The molecule has 0 radical (unpaired) electrons. The fourth-order valence-electron chi connectivity index (χ4n) is 2.64. The quantitative estimate of drug-likeness (QED) is 0.838. The van der Waals surface area contributed by atoms with E-state index in [4.69, 9.17) is 0 Å². The van der Waals surface area contributed by atoms with Crippen LogP contribution >= 0.6 is 15.9 Å². The molecule has 0 saturated carbocycles. The molecular weight excluding hydrogens is 346 g/mol. The number of aromatic nitrogens is 2. The van der Waals surface area contributed by atoms with E-state index in [9.17, 15) is 18.7 Å². The van der Waals surface area contributed by atoms with Crippen LogP contribution in [0.5, 0.6) is 0 Å². The van der Waals surface area contributed by atoms with Crippen LogP contribution in [0.1, 0.15) is 34.6 Å². The summed E-state index contributed by atoms with van der Waals surface area (Å²) in [5.74, 6) is -2.62. The number of aromatic carboxylic acids is 1. The molecule has 4 nitrogen and oxygen atoms in total. The number of carboxylic acids is 1. The number of nitrogens with zero attached hydrogens (tertiary/aromatic N) is 2. The molecular formula is C14H11BrF2N2O2. The molecule has 1 heterocycles. The van der Waals surface area contributed by atoms with Gasteiger partial charge in [0.05, 0.1) is 4.47 Å². The standard InChI is InChI=1S/C14H11BrF2N2O2/c15-8-5-12(10(17)6-9(8)16)19-11-4-2-1-3-7(11)13(18-19)14(20)21/h5-6H,1-4H2,(H,20,21). The van der Waals surface area contributed by atoms with Gasteiger partial charge >= 0.3 is 5.97 Å². The normalized spacial score (nSPS) is 14.0. The third kappa shape index (κ3) is 2.35. The first-order valence-electron chi connectivity index (χ1n) is 6.48. The SMILES string of the molecule is O=C(O)c1nn(-c2cc(Br)c(F)cc2F)c2c1CCCC2. The molecule has 0 unspecified atom stereocenters. The van der Waals surface area contributed by atoms with Crippen molar-refractivity contribution in [3.05, 3.63) is 45.2 Å². The molecule has 3 rings (SSSR count). The van der Waals surface area contributed by atoms with Crippen LogP contribution in [-0.2, 0) is 12.8 Å². The Morgan fingerprint density at radius 3 is 2.67 bits per heavy atom. The Bertz CT molecular complexity index is 743. The van der Waals surface area contributed by atoms with Gasteiger partial charge in [0.1, 0.15) is 11.5 Å². The Labute approximate surface area is 127 Å². The highest BCUT2D eigenvalue weighted by Gasteiger charge is 2.26. The number of carbonyl (C=O) groups is 1. The van der Waals surface area contributed by atoms with Gasteiger partial charge in [-0.15, -0.1) is 0 Å². The zero-order valence-electron chi connectivity index (χ0n) is 10.9. The van der Waals surface area contributed by atoms with Gasteiger partial charge < -0.3 is 5.11 Å². The van der Waals surface area contributed by atoms with Gasteiger partial charge in [0.25, 0.3) is 0 Å². The van der Waals surface area contributed by atoms with Crippen molar-refractivity contribution < 1.29 is 18.7 Å². The highest BCUT2D eigenvalue weighted by atomic mass is 79.9. The summed E-state index contributed by atoms with van der Waals surface area (Å²) in [6, 6.07) is 2.04. The molecule has 1 aliphatic rings. The molecule has 1 aromatic carbocycles. The third-order valence-corrected chi connectivity index (χ3v) is 4.21. The second-order valence-electron chi connectivity index (χ2n) is 4.92. The summed E-state index contributed by atoms with van der Waals surface area (Å²) in [4.78, 5) is 11.3. The van der Waals surface area contributed by atoms with Gasteiger partial charge in [0, 0.05) is 17.3 Å². The molecule has 1 N–H and O–H groups in total. The lowest BCUT2D eigenvalue weighted by Crippen LogP contribution is -2.09. The lowest BCUT2D eigenvalue weighted by atomic mass is 9.95.